The van der Waals surface area contributed by atoms with E-state index in [4.69, 9.17) is 9.47 Å². The molecule has 0 bridgehead atoms. The highest BCUT2D eigenvalue weighted by Crippen LogP contribution is 2.36. The molecule has 0 spiro atoms. The van der Waals surface area contributed by atoms with Crippen molar-refractivity contribution in [2.24, 2.45) is 10.4 Å². The van der Waals surface area contributed by atoms with Crippen molar-refractivity contribution >= 4 is 18.0 Å². The lowest BCUT2D eigenvalue weighted by Crippen LogP contribution is -2.32. The third kappa shape index (κ3) is 3.45. The van der Waals surface area contributed by atoms with E-state index < -0.39 is 5.41 Å². The van der Waals surface area contributed by atoms with Gasteiger partial charge in [-0.05, 0) is 20.8 Å². The fourth-order valence-corrected chi connectivity index (χ4v) is 1.84. The smallest absolute Gasteiger partial charge is 0.312 e. The van der Waals surface area contributed by atoms with E-state index >= 15 is 0 Å². The van der Waals surface area contributed by atoms with Crippen LogP contribution in [0.2, 0.25) is 0 Å². The molecule has 0 amide bonds. The van der Waals surface area contributed by atoms with Gasteiger partial charge in [0.1, 0.15) is 11.5 Å². The Hall–Kier alpha value is -2.24. The third-order valence-corrected chi connectivity index (χ3v) is 3.11. The summed E-state index contributed by atoms with van der Waals surface area (Å²) in [7, 11) is 1.53. The zero-order valence-corrected chi connectivity index (χ0v) is 12.7. The van der Waals surface area contributed by atoms with Crippen molar-refractivity contribution in [2.45, 2.75) is 27.3 Å². The van der Waals surface area contributed by atoms with Crippen LogP contribution >= 0.6 is 0 Å². The summed E-state index contributed by atoms with van der Waals surface area (Å²) in [4.78, 5) is 17.7. The fraction of sp³-hybridized carbons (Fsp3) is 0.467. The molecule has 0 saturated carbocycles. The lowest BCUT2D eigenvalue weighted by Gasteiger charge is -2.26. The minimum absolute atomic E-state index is 0.102. The molecule has 0 radical (unpaired) electrons. The number of hydrogen-bond acceptors (Lipinski definition) is 6. The quantitative estimate of drug-likeness (QED) is 0.866. The standard InChI is InChI=1S/C15H20N2O4/c1-15(2,3)14(19)21-9-17-7-11-12(16-8-17)5-10(20-4)6-13(11)18/h5-6,8,18H,7,9H2,1-4H3. The van der Waals surface area contributed by atoms with Gasteiger partial charge in [0.25, 0.3) is 0 Å². The van der Waals surface area contributed by atoms with E-state index in [2.05, 4.69) is 4.99 Å². The van der Waals surface area contributed by atoms with Gasteiger partial charge < -0.3 is 19.5 Å². The lowest BCUT2D eigenvalue weighted by atomic mass is 9.98. The summed E-state index contributed by atoms with van der Waals surface area (Å²) in [6.07, 6.45) is 1.59. The molecule has 0 fully saturated rings. The summed E-state index contributed by atoms with van der Waals surface area (Å²) in [6.45, 7) is 5.92. The molecular weight excluding hydrogens is 272 g/mol. The van der Waals surface area contributed by atoms with Gasteiger partial charge in [0.2, 0.25) is 0 Å². The predicted octanol–water partition coefficient (Wildman–Crippen LogP) is 2.42. The van der Waals surface area contributed by atoms with E-state index in [1.807, 2.05) is 0 Å². The Morgan fingerprint density at radius 2 is 2.14 bits per heavy atom. The van der Waals surface area contributed by atoms with Crippen molar-refractivity contribution in [3.05, 3.63) is 17.7 Å². The molecule has 21 heavy (non-hydrogen) atoms. The molecule has 2 rings (SSSR count). The van der Waals surface area contributed by atoms with E-state index in [-0.39, 0.29) is 18.4 Å². The molecule has 1 aromatic carbocycles. The van der Waals surface area contributed by atoms with E-state index in [1.165, 1.54) is 7.11 Å². The second-order valence-corrected chi connectivity index (χ2v) is 5.95. The number of rotatable bonds is 3. The normalized spacial score (nSPS) is 13.8. The van der Waals surface area contributed by atoms with Crippen molar-refractivity contribution in [3.8, 4) is 11.5 Å². The van der Waals surface area contributed by atoms with Gasteiger partial charge in [-0.1, -0.05) is 0 Å². The van der Waals surface area contributed by atoms with Crippen molar-refractivity contribution < 1.29 is 19.4 Å². The Labute approximate surface area is 124 Å². The zero-order valence-electron chi connectivity index (χ0n) is 12.7. The van der Waals surface area contributed by atoms with E-state index in [9.17, 15) is 9.90 Å². The number of phenols is 1. The number of phenolic OH excluding ortho intramolecular Hbond substituents is 1. The Morgan fingerprint density at radius 1 is 1.43 bits per heavy atom. The number of methoxy groups -OCH3 is 1. The summed E-state index contributed by atoms with van der Waals surface area (Å²) in [5.41, 5.74) is 0.802. The van der Waals surface area contributed by atoms with Crippen LogP contribution in [0.3, 0.4) is 0 Å². The number of hydrogen-bond donors (Lipinski definition) is 1. The summed E-state index contributed by atoms with van der Waals surface area (Å²) >= 11 is 0. The van der Waals surface area contributed by atoms with Gasteiger partial charge >= 0.3 is 5.97 Å². The van der Waals surface area contributed by atoms with Gasteiger partial charge in [0.05, 0.1) is 31.1 Å². The van der Waals surface area contributed by atoms with Gasteiger partial charge in [0.15, 0.2) is 6.73 Å². The van der Waals surface area contributed by atoms with Crippen molar-refractivity contribution in [2.75, 3.05) is 13.8 Å². The van der Waals surface area contributed by atoms with Crippen LogP contribution in [0.1, 0.15) is 26.3 Å². The lowest BCUT2D eigenvalue weighted by molar-refractivity contribution is -0.156. The fourth-order valence-electron chi connectivity index (χ4n) is 1.84. The minimum atomic E-state index is -0.541. The molecule has 0 saturated heterocycles. The molecule has 1 aromatic rings. The molecule has 1 heterocycles. The summed E-state index contributed by atoms with van der Waals surface area (Å²) in [5, 5.41) is 10.0. The van der Waals surface area contributed by atoms with Crippen LogP contribution < -0.4 is 4.74 Å². The third-order valence-electron chi connectivity index (χ3n) is 3.11. The van der Waals surface area contributed by atoms with Gasteiger partial charge in [-0.25, -0.2) is 4.99 Å². The monoisotopic (exact) mass is 292 g/mol. The number of aliphatic imine (C=N–C) groups is 1. The Kier molecular flexibility index (Phi) is 4.06. The molecule has 6 heteroatoms. The van der Waals surface area contributed by atoms with Crippen LogP contribution in [0.25, 0.3) is 0 Å². The van der Waals surface area contributed by atoms with E-state index in [0.29, 0.717) is 23.5 Å². The number of nitrogens with zero attached hydrogens (tertiary/aromatic N) is 2. The van der Waals surface area contributed by atoms with Gasteiger partial charge in [-0.2, -0.15) is 0 Å². The molecule has 6 nitrogen and oxygen atoms in total. The Morgan fingerprint density at radius 3 is 2.76 bits per heavy atom. The van der Waals surface area contributed by atoms with Crippen LogP contribution in [0, 0.1) is 5.41 Å². The highest BCUT2D eigenvalue weighted by atomic mass is 16.5. The number of esters is 1. The van der Waals surface area contributed by atoms with Crippen LogP contribution in [0.5, 0.6) is 11.5 Å². The molecular formula is C15H20N2O4. The molecule has 1 aliphatic heterocycles. The molecule has 0 unspecified atom stereocenters. The number of benzene rings is 1. The van der Waals surface area contributed by atoms with Gasteiger partial charge in [-0.15, -0.1) is 0 Å². The summed E-state index contributed by atoms with van der Waals surface area (Å²) < 4.78 is 10.3. The highest BCUT2D eigenvalue weighted by Gasteiger charge is 2.24. The second kappa shape index (κ2) is 5.63. The molecule has 114 valence electrons. The Balaban J connectivity index is 2.06. The maximum absolute atomic E-state index is 11.7. The second-order valence-electron chi connectivity index (χ2n) is 5.95. The zero-order chi connectivity index (χ0) is 15.6. The van der Waals surface area contributed by atoms with Crippen molar-refractivity contribution in [1.29, 1.82) is 0 Å². The first-order valence-corrected chi connectivity index (χ1v) is 6.66. The summed E-state index contributed by atoms with van der Waals surface area (Å²) in [5.74, 6) is 0.394. The van der Waals surface area contributed by atoms with Crippen molar-refractivity contribution in [1.82, 2.24) is 4.90 Å². The minimum Gasteiger partial charge on any atom is -0.507 e. The Bertz CT molecular complexity index is 576. The van der Waals surface area contributed by atoms with Crippen molar-refractivity contribution in [3.63, 3.8) is 0 Å². The van der Waals surface area contributed by atoms with Gasteiger partial charge in [0, 0.05) is 17.7 Å². The first-order chi connectivity index (χ1) is 9.81. The molecule has 1 N–H and O–H groups in total. The maximum atomic E-state index is 11.7. The number of aromatic hydroxyl groups is 1. The first kappa shape index (κ1) is 15.2. The number of ether oxygens (including phenoxy) is 2. The first-order valence-electron chi connectivity index (χ1n) is 6.66. The topological polar surface area (TPSA) is 71.4 Å². The van der Waals surface area contributed by atoms with Crippen LogP contribution in [0.15, 0.2) is 17.1 Å². The van der Waals surface area contributed by atoms with Crippen LogP contribution in [0.4, 0.5) is 5.69 Å². The molecule has 1 aliphatic rings. The van der Waals surface area contributed by atoms with Crippen LogP contribution in [-0.2, 0) is 16.1 Å². The average molecular weight is 292 g/mol. The van der Waals surface area contributed by atoms with Crippen LogP contribution in [-0.4, -0.2) is 36.2 Å². The predicted molar refractivity (Wildman–Crippen MR) is 78.8 cm³/mol. The number of carbonyl (C=O) groups is 1. The van der Waals surface area contributed by atoms with Gasteiger partial charge in [-0.3, -0.25) is 4.79 Å². The molecule has 0 atom stereocenters. The average Bonchev–Trinajstić information content (AvgIpc) is 2.43. The van der Waals surface area contributed by atoms with E-state index in [0.717, 1.165) is 0 Å². The number of fused-ring (bicyclic) bond motifs is 1. The number of carbonyl (C=O) groups excluding carboxylic acids is 1. The van der Waals surface area contributed by atoms with E-state index in [1.54, 1.807) is 44.1 Å². The summed E-state index contributed by atoms with van der Waals surface area (Å²) in [6, 6.07) is 3.29. The molecule has 0 aromatic heterocycles. The molecule has 0 aliphatic carbocycles. The largest absolute Gasteiger partial charge is 0.507 e. The SMILES string of the molecule is COc1cc(O)c2c(c1)N=CN(COC(=O)C(C)(C)C)C2. The maximum Gasteiger partial charge on any atom is 0.312 e. The highest BCUT2D eigenvalue weighted by molar-refractivity contribution is 5.76.